The lowest BCUT2D eigenvalue weighted by molar-refractivity contribution is -0.167. The number of allylic oxidation sites excluding steroid dienone is 14. The van der Waals surface area contributed by atoms with Gasteiger partial charge in [0.15, 0.2) is 6.10 Å². The van der Waals surface area contributed by atoms with Crippen LogP contribution in [0.4, 0.5) is 0 Å². The van der Waals surface area contributed by atoms with Crippen molar-refractivity contribution in [2.45, 2.75) is 232 Å². The highest BCUT2D eigenvalue weighted by molar-refractivity contribution is 5.71. The number of unbranched alkanes of at least 4 members (excludes halogenated alkanes) is 22. The van der Waals surface area contributed by atoms with E-state index in [0.29, 0.717) is 19.3 Å². The quantitative estimate of drug-likeness (QED) is 0.0200. The van der Waals surface area contributed by atoms with E-state index in [0.717, 1.165) is 64.2 Å². The lowest BCUT2D eigenvalue weighted by Gasteiger charge is -2.18. The molecule has 0 saturated carbocycles. The summed E-state index contributed by atoms with van der Waals surface area (Å²) in [6.45, 7) is 6.40. The summed E-state index contributed by atoms with van der Waals surface area (Å²) in [7, 11) is 0. The zero-order valence-electron chi connectivity index (χ0n) is 39.7. The van der Waals surface area contributed by atoms with E-state index in [1.165, 1.54) is 109 Å². The Morgan fingerprint density at radius 3 is 1.23 bits per heavy atom. The van der Waals surface area contributed by atoms with E-state index in [9.17, 15) is 14.4 Å². The predicted octanol–water partition coefficient (Wildman–Crippen LogP) is 16.4. The smallest absolute Gasteiger partial charge is 0.306 e. The molecule has 6 nitrogen and oxygen atoms in total. The van der Waals surface area contributed by atoms with Crippen LogP contribution in [0.2, 0.25) is 0 Å². The minimum absolute atomic E-state index is 0.107. The minimum atomic E-state index is -0.814. The highest BCUT2D eigenvalue weighted by Gasteiger charge is 2.19. The Balaban J connectivity index is 4.51. The highest BCUT2D eigenvalue weighted by atomic mass is 16.6. The third-order valence-electron chi connectivity index (χ3n) is 10.5. The number of carbonyl (C=O) groups excluding carboxylic acids is 3. The number of hydrogen-bond acceptors (Lipinski definition) is 6. The first-order valence-corrected chi connectivity index (χ1v) is 25.1. The van der Waals surface area contributed by atoms with Gasteiger partial charge >= 0.3 is 17.9 Å². The fourth-order valence-electron chi connectivity index (χ4n) is 6.70. The van der Waals surface area contributed by atoms with Gasteiger partial charge in [-0.15, -0.1) is 0 Å². The van der Waals surface area contributed by atoms with Gasteiger partial charge in [0, 0.05) is 19.3 Å². The second-order valence-corrected chi connectivity index (χ2v) is 16.4. The summed E-state index contributed by atoms with van der Waals surface area (Å²) < 4.78 is 16.7. The van der Waals surface area contributed by atoms with Gasteiger partial charge in [-0.25, -0.2) is 0 Å². The SMILES string of the molecule is CC/C=C/C=C/C=C/C=C/CCCCCC(=O)OC(COC(=O)CCC/C=C/C/C=C/C/C=C/CCCCCCCC)COC(=O)CCCCCCCCCCCCCCC. The zero-order chi connectivity index (χ0) is 44.4. The van der Waals surface area contributed by atoms with Gasteiger partial charge in [0.05, 0.1) is 0 Å². The molecular formula is C55H92O6. The molecule has 0 aromatic carbocycles. The largest absolute Gasteiger partial charge is 0.462 e. The molecule has 1 unspecified atom stereocenters. The normalized spacial score (nSPS) is 12.8. The number of rotatable bonds is 44. The Kier molecular flexibility index (Phi) is 46.5. The summed E-state index contributed by atoms with van der Waals surface area (Å²) in [6, 6.07) is 0. The summed E-state index contributed by atoms with van der Waals surface area (Å²) in [5, 5.41) is 0. The maximum atomic E-state index is 12.7. The number of esters is 3. The van der Waals surface area contributed by atoms with E-state index in [1.807, 2.05) is 36.5 Å². The fourth-order valence-corrected chi connectivity index (χ4v) is 6.70. The van der Waals surface area contributed by atoms with Crippen LogP contribution in [-0.2, 0) is 28.6 Å². The molecule has 0 fully saturated rings. The molecule has 0 N–H and O–H groups in total. The van der Waals surface area contributed by atoms with Crippen molar-refractivity contribution < 1.29 is 28.6 Å². The van der Waals surface area contributed by atoms with Crippen molar-refractivity contribution in [2.75, 3.05) is 13.2 Å². The van der Waals surface area contributed by atoms with Crippen LogP contribution in [0.5, 0.6) is 0 Å². The third-order valence-corrected chi connectivity index (χ3v) is 10.5. The first kappa shape index (κ1) is 57.6. The monoisotopic (exact) mass is 849 g/mol. The standard InChI is InChI=1S/C55H92O6/c1-4-7-10-13-16-19-22-25-26-27-28-31-33-36-39-42-45-48-54(57)60-51-52(61-55(58)49-46-43-40-37-34-30-24-21-18-15-12-9-6-3)50-59-53(56)47-44-41-38-35-32-29-23-20-17-14-11-8-5-2/h9,12,15,18,21,24-26,28,30-31,34,36,39,52H,4-8,10-11,13-14,16-17,19-20,22-23,27,29,32-33,35,37-38,40-51H2,1-3H3/b12-9+,18-15+,24-21+,26-25+,31-28+,34-30+,39-36+. The molecule has 0 amide bonds. The molecule has 6 heteroatoms. The Bertz CT molecular complexity index is 1200. The van der Waals surface area contributed by atoms with Crippen LogP contribution in [0.25, 0.3) is 0 Å². The Morgan fingerprint density at radius 1 is 0.361 bits per heavy atom. The molecule has 1 atom stereocenters. The van der Waals surface area contributed by atoms with Gasteiger partial charge in [0.1, 0.15) is 13.2 Å². The van der Waals surface area contributed by atoms with Crippen molar-refractivity contribution in [3.8, 4) is 0 Å². The molecule has 0 rings (SSSR count). The predicted molar refractivity (Wildman–Crippen MR) is 261 cm³/mol. The van der Waals surface area contributed by atoms with Crippen LogP contribution in [0.3, 0.4) is 0 Å². The van der Waals surface area contributed by atoms with Gasteiger partial charge in [0.2, 0.25) is 0 Å². The van der Waals surface area contributed by atoms with E-state index >= 15 is 0 Å². The lowest BCUT2D eigenvalue weighted by atomic mass is 10.0. The molecule has 0 aromatic rings. The Labute approximate surface area is 375 Å². The number of ether oxygens (including phenoxy) is 3. The topological polar surface area (TPSA) is 78.9 Å². The van der Waals surface area contributed by atoms with E-state index in [1.54, 1.807) is 0 Å². The van der Waals surface area contributed by atoms with Gasteiger partial charge < -0.3 is 14.2 Å². The Hall–Kier alpha value is -3.41. The molecule has 0 spiro atoms. The summed E-state index contributed by atoms with van der Waals surface area (Å²) in [5.74, 6) is -1.00. The van der Waals surface area contributed by atoms with Gasteiger partial charge in [-0.1, -0.05) is 221 Å². The van der Waals surface area contributed by atoms with Gasteiger partial charge in [0.25, 0.3) is 0 Å². The molecule has 0 heterocycles. The Morgan fingerprint density at radius 2 is 0.721 bits per heavy atom. The van der Waals surface area contributed by atoms with E-state index < -0.39 is 6.10 Å². The van der Waals surface area contributed by atoms with Gasteiger partial charge in [-0.2, -0.15) is 0 Å². The molecule has 0 radical (unpaired) electrons. The summed E-state index contributed by atoms with van der Waals surface area (Å²) >= 11 is 0. The third kappa shape index (κ3) is 47.5. The van der Waals surface area contributed by atoms with E-state index in [2.05, 4.69) is 69.4 Å². The fraction of sp³-hybridized carbons (Fsp3) is 0.691. The van der Waals surface area contributed by atoms with Crippen molar-refractivity contribution in [3.05, 3.63) is 85.1 Å². The average molecular weight is 849 g/mol. The summed E-state index contributed by atoms with van der Waals surface area (Å²) in [6.07, 6.45) is 62.9. The summed E-state index contributed by atoms with van der Waals surface area (Å²) in [4.78, 5) is 37.9. The van der Waals surface area contributed by atoms with Crippen LogP contribution < -0.4 is 0 Å². The zero-order valence-corrected chi connectivity index (χ0v) is 39.7. The molecule has 0 bridgehead atoms. The average Bonchev–Trinajstić information content (AvgIpc) is 3.26. The van der Waals surface area contributed by atoms with Crippen molar-refractivity contribution in [3.63, 3.8) is 0 Å². The van der Waals surface area contributed by atoms with Crippen LogP contribution >= 0.6 is 0 Å². The first-order valence-electron chi connectivity index (χ1n) is 25.1. The van der Waals surface area contributed by atoms with Crippen molar-refractivity contribution in [1.29, 1.82) is 0 Å². The summed E-state index contributed by atoms with van der Waals surface area (Å²) in [5.41, 5.74) is 0. The van der Waals surface area contributed by atoms with Crippen LogP contribution in [0.15, 0.2) is 85.1 Å². The molecule has 0 aliphatic heterocycles. The van der Waals surface area contributed by atoms with Crippen LogP contribution in [0.1, 0.15) is 226 Å². The minimum Gasteiger partial charge on any atom is -0.462 e. The van der Waals surface area contributed by atoms with Crippen molar-refractivity contribution >= 4 is 17.9 Å². The van der Waals surface area contributed by atoms with E-state index in [-0.39, 0.29) is 44.0 Å². The molecule has 61 heavy (non-hydrogen) atoms. The second-order valence-electron chi connectivity index (χ2n) is 16.4. The molecule has 0 saturated heterocycles. The number of carbonyl (C=O) groups is 3. The molecule has 0 aliphatic carbocycles. The molecular weight excluding hydrogens is 757 g/mol. The van der Waals surface area contributed by atoms with E-state index in [4.69, 9.17) is 14.2 Å². The molecule has 348 valence electrons. The molecule has 0 aliphatic rings. The number of hydrogen-bond donors (Lipinski definition) is 0. The second kappa shape index (κ2) is 49.2. The maximum absolute atomic E-state index is 12.7. The van der Waals surface area contributed by atoms with Crippen LogP contribution in [-0.4, -0.2) is 37.2 Å². The first-order chi connectivity index (χ1) is 30.0. The highest BCUT2D eigenvalue weighted by Crippen LogP contribution is 2.14. The van der Waals surface area contributed by atoms with Crippen LogP contribution in [0, 0.1) is 0 Å². The van der Waals surface area contributed by atoms with Crippen molar-refractivity contribution in [1.82, 2.24) is 0 Å². The maximum Gasteiger partial charge on any atom is 0.306 e. The van der Waals surface area contributed by atoms with Gasteiger partial charge in [-0.05, 0) is 70.6 Å². The van der Waals surface area contributed by atoms with Gasteiger partial charge in [-0.3, -0.25) is 14.4 Å². The molecule has 0 aromatic heterocycles. The lowest BCUT2D eigenvalue weighted by Crippen LogP contribution is -2.30. The van der Waals surface area contributed by atoms with Crippen molar-refractivity contribution in [2.24, 2.45) is 0 Å².